The van der Waals surface area contributed by atoms with Crippen molar-refractivity contribution in [3.63, 3.8) is 0 Å². The van der Waals surface area contributed by atoms with E-state index in [0.29, 0.717) is 11.8 Å². The van der Waals surface area contributed by atoms with Crippen LogP contribution in [0.1, 0.15) is 37.7 Å². The molecule has 21 heavy (non-hydrogen) atoms. The van der Waals surface area contributed by atoms with E-state index < -0.39 is 0 Å². The van der Waals surface area contributed by atoms with Gasteiger partial charge in [0.2, 0.25) is 5.91 Å². The maximum Gasteiger partial charge on any atom is 0.228 e. The summed E-state index contributed by atoms with van der Waals surface area (Å²) in [6.45, 7) is 2.05. The summed E-state index contributed by atoms with van der Waals surface area (Å²) in [6, 6.07) is 6.07. The summed E-state index contributed by atoms with van der Waals surface area (Å²) in [5.74, 6) is 3.68. The molecule has 0 aromatic heterocycles. The standard InChI is InChI=1S/C18H22BrNO/c1-10-4-15(19)2-3-16(10)20-18(21)17-13-6-11-5-12(8-13)9-14(17)7-11/h2-4,11-14,17H,5-9H2,1H3,(H,20,21). The van der Waals surface area contributed by atoms with Gasteiger partial charge in [0, 0.05) is 16.1 Å². The zero-order valence-electron chi connectivity index (χ0n) is 12.4. The number of aryl methyl sites for hydroxylation is 1. The van der Waals surface area contributed by atoms with Gasteiger partial charge in [-0.15, -0.1) is 0 Å². The third kappa shape index (κ3) is 2.44. The molecule has 0 saturated heterocycles. The van der Waals surface area contributed by atoms with Crippen LogP contribution in [0, 0.1) is 36.5 Å². The molecule has 4 aliphatic carbocycles. The second-order valence-electron chi connectivity index (χ2n) is 7.40. The predicted octanol–water partition coefficient (Wildman–Crippen LogP) is 4.77. The number of hydrogen-bond donors (Lipinski definition) is 1. The maximum atomic E-state index is 12.8. The van der Waals surface area contributed by atoms with E-state index in [4.69, 9.17) is 0 Å². The Morgan fingerprint density at radius 1 is 1.10 bits per heavy atom. The molecule has 0 unspecified atom stereocenters. The van der Waals surface area contributed by atoms with Gasteiger partial charge in [-0.2, -0.15) is 0 Å². The van der Waals surface area contributed by atoms with Gasteiger partial charge in [0.05, 0.1) is 0 Å². The van der Waals surface area contributed by atoms with Gasteiger partial charge in [0.15, 0.2) is 0 Å². The monoisotopic (exact) mass is 347 g/mol. The summed E-state index contributed by atoms with van der Waals surface area (Å²) in [7, 11) is 0. The minimum atomic E-state index is 0.265. The van der Waals surface area contributed by atoms with E-state index in [1.807, 2.05) is 12.1 Å². The molecule has 1 amide bonds. The van der Waals surface area contributed by atoms with Crippen LogP contribution in [0.5, 0.6) is 0 Å². The third-order valence-corrected chi connectivity index (χ3v) is 6.47. The first-order chi connectivity index (χ1) is 10.1. The molecule has 0 radical (unpaired) electrons. The lowest BCUT2D eigenvalue weighted by atomic mass is 9.51. The molecule has 4 fully saturated rings. The van der Waals surface area contributed by atoms with Crippen molar-refractivity contribution in [3.05, 3.63) is 28.2 Å². The quantitative estimate of drug-likeness (QED) is 0.820. The summed E-state index contributed by atoms with van der Waals surface area (Å²) in [5.41, 5.74) is 2.10. The number of carbonyl (C=O) groups is 1. The van der Waals surface area contributed by atoms with E-state index in [9.17, 15) is 4.79 Å². The lowest BCUT2D eigenvalue weighted by Gasteiger charge is -2.53. The van der Waals surface area contributed by atoms with E-state index in [1.165, 1.54) is 32.1 Å². The lowest BCUT2D eigenvalue weighted by Crippen LogP contribution is -2.49. The van der Waals surface area contributed by atoms with Crippen LogP contribution >= 0.6 is 15.9 Å². The Balaban J connectivity index is 1.52. The smallest absolute Gasteiger partial charge is 0.228 e. The van der Waals surface area contributed by atoms with E-state index in [1.54, 1.807) is 0 Å². The largest absolute Gasteiger partial charge is 0.326 e. The molecule has 1 N–H and O–H groups in total. The molecule has 4 aliphatic rings. The molecule has 2 nitrogen and oxygen atoms in total. The molecule has 1 aromatic carbocycles. The van der Waals surface area contributed by atoms with Crippen LogP contribution < -0.4 is 5.32 Å². The molecule has 0 aliphatic heterocycles. The molecule has 1 aromatic rings. The Morgan fingerprint density at radius 3 is 2.29 bits per heavy atom. The van der Waals surface area contributed by atoms with Gasteiger partial charge in [-0.25, -0.2) is 0 Å². The van der Waals surface area contributed by atoms with Crippen LogP contribution in [0.4, 0.5) is 5.69 Å². The first-order valence-corrected chi connectivity index (χ1v) is 8.96. The van der Waals surface area contributed by atoms with Gasteiger partial charge in [-0.1, -0.05) is 15.9 Å². The number of amides is 1. The number of halogens is 1. The van der Waals surface area contributed by atoms with Crippen LogP contribution in [0.25, 0.3) is 0 Å². The van der Waals surface area contributed by atoms with Crippen molar-refractivity contribution in [1.82, 2.24) is 0 Å². The Kier molecular flexibility index (Phi) is 3.36. The van der Waals surface area contributed by atoms with E-state index in [-0.39, 0.29) is 11.8 Å². The van der Waals surface area contributed by atoms with Gasteiger partial charge in [0.25, 0.3) is 0 Å². The highest BCUT2D eigenvalue weighted by Gasteiger charge is 2.50. The van der Waals surface area contributed by atoms with Crippen molar-refractivity contribution in [2.75, 3.05) is 5.32 Å². The minimum absolute atomic E-state index is 0.265. The Hall–Kier alpha value is -0.830. The predicted molar refractivity (Wildman–Crippen MR) is 88.0 cm³/mol. The van der Waals surface area contributed by atoms with Crippen molar-refractivity contribution in [2.24, 2.45) is 29.6 Å². The molecule has 112 valence electrons. The van der Waals surface area contributed by atoms with Gasteiger partial charge in [-0.3, -0.25) is 4.79 Å². The van der Waals surface area contributed by atoms with Gasteiger partial charge in [-0.05, 0) is 86.5 Å². The van der Waals surface area contributed by atoms with Gasteiger partial charge < -0.3 is 5.32 Å². The SMILES string of the molecule is Cc1cc(Br)ccc1NC(=O)C1C2CC3CC(C2)CC1C3. The van der Waals surface area contributed by atoms with Crippen LogP contribution in [-0.2, 0) is 4.79 Å². The molecule has 0 spiro atoms. The molecular weight excluding hydrogens is 326 g/mol. The average Bonchev–Trinajstić information content (AvgIpc) is 2.40. The lowest BCUT2D eigenvalue weighted by molar-refractivity contribution is -0.132. The topological polar surface area (TPSA) is 29.1 Å². The number of carbonyl (C=O) groups excluding carboxylic acids is 1. The Bertz CT molecular complexity index is 555. The summed E-state index contributed by atoms with van der Waals surface area (Å²) in [4.78, 5) is 12.8. The fourth-order valence-electron chi connectivity index (χ4n) is 5.34. The molecule has 4 saturated carbocycles. The van der Waals surface area contributed by atoms with Crippen molar-refractivity contribution in [3.8, 4) is 0 Å². The number of anilines is 1. The van der Waals surface area contributed by atoms with E-state index in [2.05, 4.69) is 34.2 Å². The summed E-state index contributed by atoms with van der Waals surface area (Å²) >= 11 is 3.48. The minimum Gasteiger partial charge on any atom is -0.326 e. The second kappa shape index (κ2) is 5.12. The maximum absolute atomic E-state index is 12.8. The highest BCUT2D eigenvalue weighted by molar-refractivity contribution is 9.10. The molecule has 0 heterocycles. The Labute approximate surface area is 134 Å². The van der Waals surface area contributed by atoms with Crippen LogP contribution in [-0.4, -0.2) is 5.91 Å². The van der Waals surface area contributed by atoms with Crippen molar-refractivity contribution < 1.29 is 4.79 Å². The van der Waals surface area contributed by atoms with E-state index >= 15 is 0 Å². The highest BCUT2D eigenvalue weighted by atomic mass is 79.9. The molecule has 4 bridgehead atoms. The first-order valence-electron chi connectivity index (χ1n) is 8.17. The third-order valence-electron chi connectivity index (χ3n) is 5.98. The first kappa shape index (κ1) is 13.8. The number of rotatable bonds is 2. The fraction of sp³-hybridized carbons (Fsp3) is 0.611. The van der Waals surface area contributed by atoms with Crippen molar-refractivity contribution >= 4 is 27.5 Å². The molecule has 3 heteroatoms. The second-order valence-corrected chi connectivity index (χ2v) is 8.32. The zero-order valence-corrected chi connectivity index (χ0v) is 14.0. The Morgan fingerprint density at radius 2 is 1.71 bits per heavy atom. The van der Waals surface area contributed by atoms with Crippen LogP contribution in [0.15, 0.2) is 22.7 Å². The molecular formula is C18H22BrNO. The fourth-order valence-corrected chi connectivity index (χ4v) is 5.81. The van der Waals surface area contributed by atoms with Gasteiger partial charge in [0.1, 0.15) is 0 Å². The zero-order chi connectivity index (χ0) is 14.6. The van der Waals surface area contributed by atoms with Crippen molar-refractivity contribution in [2.45, 2.75) is 39.0 Å². The number of nitrogens with one attached hydrogen (secondary N) is 1. The van der Waals surface area contributed by atoms with Crippen molar-refractivity contribution in [1.29, 1.82) is 0 Å². The number of benzene rings is 1. The highest BCUT2D eigenvalue weighted by Crippen LogP contribution is 2.56. The summed E-state index contributed by atoms with van der Waals surface area (Å²) in [6.07, 6.45) is 6.62. The number of hydrogen-bond acceptors (Lipinski definition) is 1. The van der Waals surface area contributed by atoms with Crippen LogP contribution in [0.2, 0.25) is 0 Å². The average molecular weight is 348 g/mol. The summed E-state index contributed by atoms with van der Waals surface area (Å²) < 4.78 is 1.06. The van der Waals surface area contributed by atoms with E-state index in [0.717, 1.165) is 27.6 Å². The molecule has 0 atom stereocenters. The van der Waals surface area contributed by atoms with Crippen LogP contribution in [0.3, 0.4) is 0 Å². The summed E-state index contributed by atoms with van der Waals surface area (Å²) in [5, 5.41) is 3.21. The van der Waals surface area contributed by atoms with Gasteiger partial charge >= 0.3 is 0 Å². The normalized spacial score (nSPS) is 36.8. The molecule has 5 rings (SSSR count).